The second-order valence-corrected chi connectivity index (χ2v) is 0.813. The molecule has 0 rings (SSSR count). The Morgan fingerprint density at radius 3 is 1.83 bits per heavy atom. The van der Waals surface area contributed by atoms with E-state index in [4.69, 9.17) is 0 Å². The van der Waals surface area contributed by atoms with E-state index in [0.29, 0.717) is 0 Å². The molecule has 0 atom stereocenters. The monoisotopic (exact) mass is 86.0 g/mol. The van der Waals surface area contributed by atoms with Crippen LogP contribution in [0.25, 0.3) is 0 Å². The van der Waals surface area contributed by atoms with E-state index in [1.165, 1.54) is 0 Å². The molecular formula is C3H4NO2. The van der Waals surface area contributed by atoms with E-state index in [0.717, 1.165) is 0 Å². The molecule has 1 radical (unpaired) electrons. The highest BCUT2D eigenvalue weighted by Crippen LogP contribution is 1.71. The van der Waals surface area contributed by atoms with Crippen molar-refractivity contribution in [1.29, 1.82) is 0 Å². The van der Waals surface area contributed by atoms with Crippen molar-refractivity contribution in [2.45, 2.75) is 0 Å². The minimum Gasteiger partial charge on any atom is -0.393 e. The number of hydrogen-bond acceptors (Lipinski definition) is 2. The van der Waals surface area contributed by atoms with Gasteiger partial charge in [0.15, 0.2) is 0 Å². The molecule has 0 saturated heterocycles. The highest BCUT2D eigenvalue weighted by Gasteiger charge is 1.95. The van der Waals surface area contributed by atoms with Gasteiger partial charge >= 0.3 is 5.97 Å². The fourth-order valence-electron chi connectivity index (χ4n) is 0. The smallest absolute Gasteiger partial charge is 0.393 e. The molecule has 2 N–H and O–H groups in total. The largest absolute Gasteiger partial charge is 0.401 e. The molecule has 0 aromatic heterocycles. The molecule has 3 nitrogen and oxygen atoms in total. The lowest BCUT2D eigenvalue weighted by molar-refractivity contribution is -0.138. The molecule has 0 aliphatic heterocycles. The Hall–Kier alpha value is -0.990. The van der Waals surface area contributed by atoms with E-state index in [1.807, 2.05) is 0 Å². The van der Waals surface area contributed by atoms with Crippen LogP contribution in [0.3, 0.4) is 0 Å². The molecule has 3 heteroatoms. The standard InChI is InChI=1S/C3H4NO2/c1-2(4)3(5)6/h1,4H2. The maximum atomic E-state index is 9.36. The van der Waals surface area contributed by atoms with E-state index >= 15 is 0 Å². The van der Waals surface area contributed by atoms with Gasteiger partial charge in [0.2, 0.25) is 0 Å². The van der Waals surface area contributed by atoms with Crippen molar-refractivity contribution < 1.29 is 9.90 Å². The quantitative estimate of drug-likeness (QED) is 0.434. The van der Waals surface area contributed by atoms with Crippen molar-refractivity contribution in [3.05, 3.63) is 12.3 Å². The summed E-state index contributed by atoms with van der Waals surface area (Å²) in [5.41, 5.74) is 4.14. The summed E-state index contributed by atoms with van der Waals surface area (Å²) in [4.78, 5) is 9.36. The molecule has 0 bridgehead atoms. The number of rotatable bonds is 1. The van der Waals surface area contributed by atoms with Crippen LogP contribution >= 0.6 is 0 Å². The molecule has 0 aliphatic rings. The Bertz CT molecular complexity index is 74.8. The lowest BCUT2D eigenvalue weighted by atomic mass is 10.5. The lowest BCUT2D eigenvalue weighted by Gasteiger charge is -1.76. The van der Waals surface area contributed by atoms with Gasteiger partial charge in [-0.2, -0.15) is 0 Å². The van der Waals surface area contributed by atoms with Crippen LogP contribution in [-0.4, -0.2) is 5.97 Å². The zero-order chi connectivity index (χ0) is 5.15. The Balaban J connectivity index is 3.57. The number of carbonyl (C=O) groups is 1. The molecule has 0 amide bonds. The first-order chi connectivity index (χ1) is 2.64. The maximum absolute atomic E-state index is 9.36. The van der Waals surface area contributed by atoms with E-state index < -0.39 is 11.7 Å². The van der Waals surface area contributed by atoms with Crippen LogP contribution < -0.4 is 5.73 Å². The Labute approximate surface area is 35.1 Å². The molecule has 0 unspecified atom stereocenters. The molecular weight excluding hydrogens is 82.0 g/mol. The van der Waals surface area contributed by atoms with Gasteiger partial charge in [0, 0.05) is 0 Å². The minimum atomic E-state index is -1.41. The van der Waals surface area contributed by atoms with Gasteiger partial charge in [-0.15, -0.1) is 0 Å². The SMILES string of the molecule is C=C(N)C([O])=O. The topological polar surface area (TPSA) is 63.0 Å². The van der Waals surface area contributed by atoms with E-state index in [-0.39, 0.29) is 0 Å². The normalized spacial score (nSPS) is 7.33. The van der Waals surface area contributed by atoms with Crippen molar-refractivity contribution in [2.24, 2.45) is 5.73 Å². The van der Waals surface area contributed by atoms with Crippen LogP contribution in [0.2, 0.25) is 0 Å². The third-order valence-corrected chi connectivity index (χ3v) is 0.262. The van der Waals surface area contributed by atoms with E-state index in [1.54, 1.807) is 0 Å². The van der Waals surface area contributed by atoms with Crippen molar-refractivity contribution in [1.82, 2.24) is 0 Å². The molecule has 0 saturated carbocycles. The molecule has 0 heterocycles. The second-order valence-electron chi connectivity index (χ2n) is 0.813. The Morgan fingerprint density at radius 1 is 1.67 bits per heavy atom. The third-order valence-electron chi connectivity index (χ3n) is 0.262. The van der Waals surface area contributed by atoms with Gasteiger partial charge in [-0.1, -0.05) is 6.58 Å². The van der Waals surface area contributed by atoms with Gasteiger partial charge in [0.1, 0.15) is 5.70 Å². The van der Waals surface area contributed by atoms with Gasteiger partial charge in [-0.3, -0.25) is 0 Å². The summed E-state index contributed by atoms with van der Waals surface area (Å²) >= 11 is 0. The highest BCUT2D eigenvalue weighted by molar-refractivity contribution is 5.84. The van der Waals surface area contributed by atoms with Gasteiger partial charge in [0.05, 0.1) is 0 Å². The predicted octanol–water partition coefficient (Wildman–Crippen LogP) is -0.584. The summed E-state index contributed by atoms with van der Waals surface area (Å²) < 4.78 is 0. The number of nitrogens with two attached hydrogens (primary N) is 1. The van der Waals surface area contributed by atoms with Crippen molar-refractivity contribution >= 4 is 5.97 Å². The minimum absolute atomic E-state index is 0.435. The lowest BCUT2D eigenvalue weighted by Crippen LogP contribution is -2.05. The van der Waals surface area contributed by atoms with Gasteiger partial charge in [0.25, 0.3) is 0 Å². The Kier molecular flexibility index (Phi) is 1.21. The zero-order valence-corrected chi connectivity index (χ0v) is 3.10. The van der Waals surface area contributed by atoms with Crippen molar-refractivity contribution in [3.63, 3.8) is 0 Å². The van der Waals surface area contributed by atoms with Crippen LogP contribution in [0.1, 0.15) is 0 Å². The first kappa shape index (κ1) is 5.01. The fourth-order valence-corrected chi connectivity index (χ4v) is 0. The van der Waals surface area contributed by atoms with Crippen LogP contribution in [0.5, 0.6) is 0 Å². The number of carbonyl (C=O) groups excluding carboxylic acids is 1. The summed E-state index contributed by atoms with van der Waals surface area (Å²) in [6, 6.07) is 0. The van der Waals surface area contributed by atoms with Gasteiger partial charge in [-0.25, -0.2) is 9.90 Å². The fraction of sp³-hybridized carbons (Fsp3) is 0. The Morgan fingerprint density at radius 2 is 1.83 bits per heavy atom. The summed E-state index contributed by atoms with van der Waals surface area (Å²) in [5.74, 6) is -1.41. The first-order valence-corrected chi connectivity index (χ1v) is 1.30. The van der Waals surface area contributed by atoms with Crippen LogP contribution in [-0.2, 0) is 9.90 Å². The molecule has 0 fully saturated rings. The average Bonchev–Trinajstić information content (AvgIpc) is 1.36. The van der Waals surface area contributed by atoms with E-state index in [9.17, 15) is 9.90 Å². The second kappa shape index (κ2) is 1.45. The van der Waals surface area contributed by atoms with Gasteiger partial charge in [-0.05, 0) is 0 Å². The van der Waals surface area contributed by atoms with E-state index in [2.05, 4.69) is 12.3 Å². The van der Waals surface area contributed by atoms with Crippen LogP contribution in [0, 0.1) is 0 Å². The van der Waals surface area contributed by atoms with Crippen molar-refractivity contribution in [2.75, 3.05) is 0 Å². The summed E-state index contributed by atoms with van der Waals surface area (Å²) in [6.45, 7) is 2.87. The summed E-state index contributed by atoms with van der Waals surface area (Å²) in [7, 11) is 0. The maximum Gasteiger partial charge on any atom is 0.401 e. The van der Waals surface area contributed by atoms with Crippen LogP contribution in [0.15, 0.2) is 12.3 Å². The molecule has 0 aromatic carbocycles. The molecule has 0 aromatic rings. The summed E-state index contributed by atoms with van der Waals surface area (Å²) in [5, 5.41) is 9.36. The molecule has 0 spiro atoms. The third kappa shape index (κ3) is 1.34. The first-order valence-electron chi connectivity index (χ1n) is 1.30. The molecule has 0 aliphatic carbocycles. The number of hydrogen-bond donors (Lipinski definition) is 1. The summed E-state index contributed by atoms with van der Waals surface area (Å²) in [6.07, 6.45) is 0. The highest BCUT2D eigenvalue weighted by atomic mass is 16.4. The van der Waals surface area contributed by atoms with Gasteiger partial charge < -0.3 is 5.73 Å². The molecule has 33 valence electrons. The molecule has 6 heavy (non-hydrogen) atoms. The average molecular weight is 86.1 g/mol. The predicted molar refractivity (Wildman–Crippen MR) is 19.0 cm³/mol. The zero-order valence-electron chi connectivity index (χ0n) is 3.10. The van der Waals surface area contributed by atoms with Crippen molar-refractivity contribution in [3.8, 4) is 0 Å². The van der Waals surface area contributed by atoms with Crippen LogP contribution in [0.4, 0.5) is 0 Å².